The van der Waals surface area contributed by atoms with Gasteiger partial charge in [-0.05, 0) is 56.3 Å². The number of fused-ring (bicyclic) bond motifs is 1. The molecule has 2 aromatic heterocycles. The molecule has 2 aromatic rings. The lowest BCUT2D eigenvalue weighted by molar-refractivity contribution is -0.0103. The van der Waals surface area contributed by atoms with Crippen molar-refractivity contribution in [3.05, 3.63) is 18.5 Å². The van der Waals surface area contributed by atoms with Crippen molar-refractivity contribution in [2.24, 2.45) is 17.8 Å². The van der Waals surface area contributed by atoms with Crippen LogP contribution in [-0.2, 0) is 5.41 Å². The third kappa shape index (κ3) is 1.79. The van der Waals surface area contributed by atoms with Gasteiger partial charge in [-0.1, -0.05) is 17.4 Å². The van der Waals surface area contributed by atoms with Gasteiger partial charge in [0.1, 0.15) is 0 Å². The van der Waals surface area contributed by atoms with E-state index < -0.39 is 0 Å². The van der Waals surface area contributed by atoms with Crippen molar-refractivity contribution in [3.63, 3.8) is 0 Å². The highest BCUT2D eigenvalue weighted by Gasteiger charge is 2.54. The first kappa shape index (κ1) is 13.0. The summed E-state index contributed by atoms with van der Waals surface area (Å²) in [5.74, 6) is 3.87. The van der Waals surface area contributed by atoms with Crippen LogP contribution < -0.4 is 5.32 Å². The number of rotatable bonds is 4. The Morgan fingerprint density at radius 1 is 1.18 bits per heavy atom. The zero-order valence-electron chi connectivity index (χ0n) is 12.7. The fourth-order valence-electron chi connectivity index (χ4n) is 5.56. The van der Waals surface area contributed by atoms with E-state index in [0.29, 0.717) is 0 Å². The summed E-state index contributed by atoms with van der Waals surface area (Å²) in [6.45, 7) is 4.47. The summed E-state index contributed by atoms with van der Waals surface area (Å²) in [5, 5.41) is 17.9. The largest absolute Gasteiger partial charge is 0.357 e. The van der Waals surface area contributed by atoms with Gasteiger partial charge < -0.3 is 5.32 Å². The Labute approximate surface area is 133 Å². The van der Waals surface area contributed by atoms with Crippen LogP contribution in [0, 0.1) is 17.8 Å². The van der Waals surface area contributed by atoms with Crippen molar-refractivity contribution < 1.29 is 0 Å². The van der Waals surface area contributed by atoms with Crippen LogP contribution in [0.15, 0.2) is 12.7 Å². The molecule has 5 nitrogen and oxygen atoms in total. The summed E-state index contributed by atoms with van der Waals surface area (Å²) in [4.78, 5) is 0.914. The molecule has 0 aromatic carbocycles. The van der Waals surface area contributed by atoms with Crippen LogP contribution in [0.5, 0.6) is 0 Å². The Morgan fingerprint density at radius 3 is 2.50 bits per heavy atom. The van der Waals surface area contributed by atoms with Gasteiger partial charge in [0.15, 0.2) is 5.82 Å². The van der Waals surface area contributed by atoms with Crippen LogP contribution in [-0.4, -0.2) is 26.4 Å². The minimum atomic E-state index is 0.248. The van der Waals surface area contributed by atoms with E-state index in [2.05, 4.69) is 22.1 Å². The van der Waals surface area contributed by atoms with Gasteiger partial charge in [0.25, 0.3) is 0 Å². The zero-order valence-corrected chi connectivity index (χ0v) is 13.5. The molecule has 6 rings (SSSR count). The molecule has 0 amide bonds. The highest BCUT2D eigenvalue weighted by Crippen LogP contribution is 2.60. The smallest absolute Gasteiger partial charge is 0.236 e. The standard InChI is InChI=1S/C16H21N5S/c1-2-3-17-14-20-21-13(18-19-15(21)22-14)16-7-10-4-11(8-16)6-12(5-10)9-16/h2,10-12H,1,3-9H2,(H,17,20). The molecule has 116 valence electrons. The lowest BCUT2D eigenvalue weighted by Crippen LogP contribution is -2.49. The van der Waals surface area contributed by atoms with E-state index in [0.717, 1.165) is 40.2 Å². The highest BCUT2D eigenvalue weighted by molar-refractivity contribution is 7.20. The first-order valence-electron chi connectivity index (χ1n) is 8.33. The third-order valence-electron chi connectivity index (χ3n) is 5.90. The number of aromatic nitrogens is 4. The maximum Gasteiger partial charge on any atom is 0.236 e. The maximum absolute atomic E-state index is 4.72. The Hall–Kier alpha value is -1.43. The number of hydrogen-bond donors (Lipinski definition) is 1. The van der Waals surface area contributed by atoms with E-state index in [1.54, 1.807) is 11.3 Å². The molecule has 0 unspecified atom stereocenters. The number of nitrogens with zero attached hydrogens (tertiary/aromatic N) is 4. The van der Waals surface area contributed by atoms with Gasteiger partial charge in [-0.2, -0.15) is 4.52 Å². The summed E-state index contributed by atoms with van der Waals surface area (Å²) in [7, 11) is 0. The monoisotopic (exact) mass is 315 g/mol. The SMILES string of the molecule is C=CCNc1nn2c(C34CC5CC(CC(C5)C3)C4)nnc2s1. The van der Waals surface area contributed by atoms with Crippen molar-refractivity contribution >= 4 is 21.4 Å². The Balaban J connectivity index is 1.55. The van der Waals surface area contributed by atoms with Crippen molar-refractivity contribution in [1.82, 2.24) is 19.8 Å². The molecule has 0 saturated heterocycles. The molecule has 22 heavy (non-hydrogen) atoms. The molecule has 4 bridgehead atoms. The van der Waals surface area contributed by atoms with E-state index in [9.17, 15) is 0 Å². The van der Waals surface area contributed by atoms with Crippen molar-refractivity contribution in [2.75, 3.05) is 11.9 Å². The number of hydrogen-bond acceptors (Lipinski definition) is 5. The third-order valence-corrected chi connectivity index (χ3v) is 6.76. The first-order chi connectivity index (χ1) is 10.8. The number of anilines is 1. The van der Waals surface area contributed by atoms with Crippen LogP contribution in [0.2, 0.25) is 0 Å². The lowest BCUT2D eigenvalue weighted by Gasteiger charge is -2.55. The van der Waals surface area contributed by atoms with Gasteiger partial charge >= 0.3 is 0 Å². The molecule has 4 saturated carbocycles. The van der Waals surface area contributed by atoms with E-state index in [1.807, 2.05) is 10.6 Å². The molecule has 0 aliphatic heterocycles. The van der Waals surface area contributed by atoms with E-state index in [4.69, 9.17) is 5.10 Å². The molecule has 4 fully saturated rings. The first-order valence-corrected chi connectivity index (χ1v) is 9.15. The fraction of sp³-hybridized carbons (Fsp3) is 0.688. The second-order valence-corrected chi connectivity index (χ2v) is 8.45. The second-order valence-electron chi connectivity index (χ2n) is 7.49. The van der Waals surface area contributed by atoms with Gasteiger partial charge in [0.05, 0.1) is 0 Å². The van der Waals surface area contributed by atoms with Crippen molar-refractivity contribution in [1.29, 1.82) is 0 Å². The summed E-state index contributed by atoms with van der Waals surface area (Å²) >= 11 is 1.58. The predicted molar refractivity (Wildman–Crippen MR) is 87.2 cm³/mol. The van der Waals surface area contributed by atoms with Crippen LogP contribution >= 0.6 is 11.3 Å². The second kappa shape index (κ2) is 4.54. The minimum Gasteiger partial charge on any atom is -0.357 e. The normalized spacial score (nSPS) is 36.1. The molecule has 2 heterocycles. The predicted octanol–water partition coefficient (Wildman–Crippen LogP) is 3.25. The molecule has 0 atom stereocenters. The molecular weight excluding hydrogens is 294 g/mol. The van der Waals surface area contributed by atoms with Gasteiger partial charge in [-0.15, -0.1) is 21.9 Å². The quantitative estimate of drug-likeness (QED) is 0.880. The molecule has 6 heteroatoms. The molecule has 1 N–H and O–H groups in total. The zero-order chi connectivity index (χ0) is 14.7. The Kier molecular flexibility index (Phi) is 2.69. The molecule has 4 aliphatic carbocycles. The Bertz CT molecular complexity index is 695. The van der Waals surface area contributed by atoms with Gasteiger partial charge in [0.2, 0.25) is 10.1 Å². The van der Waals surface area contributed by atoms with Crippen LogP contribution in [0.1, 0.15) is 44.3 Å². The molecular formula is C16H21N5S. The lowest BCUT2D eigenvalue weighted by atomic mass is 9.49. The topological polar surface area (TPSA) is 55.1 Å². The summed E-state index contributed by atoms with van der Waals surface area (Å²) < 4.78 is 2.02. The van der Waals surface area contributed by atoms with E-state index in [-0.39, 0.29) is 5.41 Å². The van der Waals surface area contributed by atoms with Gasteiger partial charge in [-0.25, -0.2) is 0 Å². The van der Waals surface area contributed by atoms with E-state index >= 15 is 0 Å². The summed E-state index contributed by atoms with van der Waals surface area (Å²) in [6, 6.07) is 0. The van der Waals surface area contributed by atoms with E-state index in [1.165, 1.54) is 38.5 Å². The molecule has 4 aliphatic rings. The molecule has 0 radical (unpaired) electrons. The number of nitrogens with one attached hydrogen (secondary N) is 1. The van der Waals surface area contributed by atoms with Gasteiger partial charge in [0, 0.05) is 12.0 Å². The van der Waals surface area contributed by atoms with Crippen LogP contribution in [0.4, 0.5) is 5.13 Å². The summed E-state index contributed by atoms with van der Waals surface area (Å²) in [5.41, 5.74) is 0.248. The summed E-state index contributed by atoms with van der Waals surface area (Å²) in [6.07, 6.45) is 10.1. The average Bonchev–Trinajstić information content (AvgIpc) is 3.03. The highest BCUT2D eigenvalue weighted by atomic mass is 32.1. The van der Waals surface area contributed by atoms with Crippen LogP contribution in [0.25, 0.3) is 4.96 Å². The van der Waals surface area contributed by atoms with Gasteiger partial charge in [-0.3, -0.25) is 0 Å². The van der Waals surface area contributed by atoms with Crippen molar-refractivity contribution in [3.8, 4) is 0 Å². The Morgan fingerprint density at radius 2 is 1.86 bits per heavy atom. The van der Waals surface area contributed by atoms with Crippen molar-refractivity contribution in [2.45, 2.75) is 43.9 Å². The minimum absolute atomic E-state index is 0.248. The molecule has 0 spiro atoms. The average molecular weight is 315 g/mol. The maximum atomic E-state index is 4.72. The van der Waals surface area contributed by atoms with Crippen LogP contribution in [0.3, 0.4) is 0 Å². The fourth-order valence-corrected chi connectivity index (χ4v) is 6.31.